The highest BCUT2D eigenvalue weighted by Gasteiger charge is 2.44. The van der Waals surface area contributed by atoms with Crippen molar-refractivity contribution >= 4 is 12.3 Å². The van der Waals surface area contributed by atoms with Gasteiger partial charge in [-0.1, -0.05) is 6.92 Å². The van der Waals surface area contributed by atoms with Gasteiger partial charge in [-0.05, 0) is 13.3 Å². The number of esters is 1. The number of carbonyl (C=O) groups excluding carboxylic acids is 2. The van der Waals surface area contributed by atoms with Crippen LogP contribution in [0, 0.1) is 11.8 Å². The van der Waals surface area contributed by atoms with Crippen molar-refractivity contribution in [3.63, 3.8) is 0 Å². The van der Waals surface area contributed by atoms with Gasteiger partial charge in [0, 0.05) is 12.3 Å². The summed E-state index contributed by atoms with van der Waals surface area (Å²) in [5, 5.41) is 0. The van der Waals surface area contributed by atoms with Gasteiger partial charge in [0.1, 0.15) is 6.29 Å². The third-order valence-corrected chi connectivity index (χ3v) is 3.31. The van der Waals surface area contributed by atoms with Crippen molar-refractivity contribution in [2.75, 3.05) is 20.3 Å². The molecule has 0 saturated carbocycles. The van der Waals surface area contributed by atoms with E-state index in [1.165, 1.54) is 7.11 Å². The minimum absolute atomic E-state index is 0.178. The van der Waals surface area contributed by atoms with Gasteiger partial charge in [-0.2, -0.15) is 0 Å². The molecule has 0 aromatic carbocycles. The summed E-state index contributed by atoms with van der Waals surface area (Å²) in [6, 6.07) is 0. The van der Waals surface area contributed by atoms with Crippen LogP contribution in [0.5, 0.6) is 0 Å². The van der Waals surface area contributed by atoms with Gasteiger partial charge in [0.15, 0.2) is 5.79 Å². The van der Waals surface area contributed by atoms with E-state index in [0.29, 0.717) is 26.1 Å². The molecule has 0 aromatic heterocycles. The van der Waals surface area contributed by atoms with Crippen LogP contribution in [0.15, 0.2) is 0 Å². The number of aldehydes is 1. The van der Waals surface area contributed by atoms with Gasteiger partial charge in [-0.15, -0.1) is 0 Å². The Morgan fingerprint density at radius 2 is 2.06 bits per heavy atom. The van der Waals surface area contributed by atoms with E-state index in [1.54, 1.807) is 6.92 Å². The minimum Gasteiger partial charge on any atom is -0.469 e. The van der Waals surface area contributed by atoms with E-state index in [-0.39, 0.29) is 17.8 Å². The van der Waals surface area contributed by atoms with Crippen LogP contribution in [0.1, 0.15) is 26.7 Å². The molecular formula is C12H20O5. The average molecular weight is 244 g/mol. The van der Waals surface area contributed by atoms with Crippen LogP contribution in [0.3, 0.4) is 0 Å². The summed E-state index contributed by atoms with van der Waals surface area (Å²) in [6.07, 6.45) is 1.78. The SMILES string of the molecule is COC(=O)C(C)C(CCC=O)C1(C)OCCO1. The van der Waals surface area contributed by atoms with E-state index in [0.717, 1.165) is 6.29 Å². The van der Waals surface area contributed by atoms with Crippen molar-refractivity contribution in [3.05, 3.63) is 0 Å². The lowest BCUT2D eigenvalue weighted by molar-refractivity contribution is -0.200. The summed E-state index contributed by atoms with van der Waals surface area (Å²) in [7, 11) is 1.36. The molecule has 0 aromatic rings. The Labute approximate surface area is 101 Å². The summed E-state index contributed by atoms with van der Waals surface area (Å²) in [4.78, 5) is 22.1. The zero-order chi connectivity index (χ0) is 12.9. The molecule has 5 heteroatoms. The highest BCUT2D eigenvalue weighted by atomic mass is 16.7. The zero-order valence-electron chi connectivity index (χ0n) is 10.6. The van der Waals surface area contributed by atoms with E-state index in [2.05, 4.69) is 0 Å². The maximum absolute atomic E-state index is 11.6. The van der Waals surface area contributed by atoms with Crippen LogP contribution in [0.4, 0.5) is 0 Å². The molecule has 1 saturated heterocycles. The predicted octanol–water partition coefficient (Wildman–Crippen LogP) is 1.15. The van der Waals surface area contributed by atoms with Crippen molar-refractivity contribution in [3.8, 4) is 0 Å². The lowest BCUT2D eigenvalue weighted by Crippen LogP contribution is -2.42. The Morgan fingerprint density at radius 1 is 1.47 bits per heavy atom. The van der Waals surface area contributed by atoms with Crippen LogP contribution in [-0.2, 0) is 23.8 Å². The molecule has 1 aliphatic rings. The lowest BCUT2D eigenvalue weighted by Gasteiger charge is -2.34. The number of ether oxygens (including phenoxy) is 3. The summed E-state index contributed by atoms with van der Waals surface area (Å²) >= 11 is 0. The number of hydrogen-bond acceptors (Lipinski definition) is 5. The number of methoxy groups -OCH3 is 1. The van der Waals surface area contributed by atoms with E-state index < -0.39 is 5.79 Å². The van der Waals surface area contributed by atoms with E-state index in [9.17, 15) is 9.59 Å². The molecule has 2 atom stereocenters. The van der Waals surface area contributed by atoms with Gasteiger partial charge in [0.2, 0.25) is 0 Å². The van der Waals surface area contributed by atoms with Crippen LogP contribution in [-0.4, -0.2) is 38.4 Å². The fraction of sp³-hybridized carbons (Fsp3) is 0.833. The highest BCUT2D eigenvalue weighted by molar-refractivity contribution is 5.72. The second-order valence-electron chi connectivity index (χ2n) is 4.38. The highest BCUT2D eigenvalue weighted by Crippen LogP contribution is 2.36. The van der Waals surface area contributed by atoms with Crippen LogP contribution in [0.25, 0.3) is 0 Å². The van der Waals surface area contributed by atoms with E-state index in [4.69, 9.17) is 14.2 Å². The Morgan fingerprint density at radius 3 is 2.53 bits per heavy atom. The molecule has 1 fully saturated rings. The average Bonchev–Trinajstić information content (AvgIpc) is 2.76. The van der Waals surface area contributed by atoms with Crippen molar-refractivity contribution < 1.29 is 23.8 Å². The summed E-state index contributed by atoms with van der Waals surface area (Å²) < 4.78 is 15.9. The number of rotatable bonds is 6. The molecule has 0 radical (unpaired) electrons. The normalized spacial score (nSPS) is 21.8. The van der Waals surface area contributed by atoms with Gasteiger partial charge in [0.25, 0.3) is 0 Å². The molecule has 1 aliphatic heterocycles. The van der Waals surface area contributed by atoms with Crippen molar-refractivity contribution in [1.29, 1.82) is 0 Å². The topological polar surface area (TPSA) is 61.8 Å². The third-order valence-electron chi connectivity index (χ3n) is 3.31. The second kappa shape index (κ2) is 6.12. The van der Waals surface area contributed by atoms with Gasteiger partial charge in [0.05, 0.1) is 26.2 Å². The quantitative estimate of drug-likeness (QED) is 0.518. The lowest BCUT2D eigenvalue weighted by atomic mass is 9.83. The van der Waals surface area contributed by atoms with Crippen LogP contribution >= 0.6 is 0 Å². The van der Waals surface area contributed by atoms with Gasteiger partial charge < -0.3 is 19.0 Å². The van der Waals surface area contributed by atoms with Gasteiger partial charge in [-0.3, -0.25) is 4.79 Å². The largest absolute Gasteiger partial charge is 0.469 e. The molecule has 17 heavy (non-hydrogen) atoms. The maximum Gasteiger partial charge on any atom is 0.308 e. The Hall–Kier alpha value is -0.940. The first-order valence-electron chi connectivity index (χ1n) is 5.84. The van der Waals surface area contributed by atoms with Crippen molar-refractivity contribution in [2.24, 2.45) is 11.8 Å². The number of hydrogen-bond donors (Lipinski definition) is 0. The molecule has 98 valence electrons. The van der Waals surface area contributed by atoms with Crippen LogP contribution < -0.4 is 0 Å². The molecule has 0 N–H and O–H groups in total. The van der Waals surface area contributed by atoms with E-state index >= 15 is 0 Å². The minimum atomic E-state index is -0.795. The fourth-order valence-corrected chi connectivity index (χ4v) is 2.31. The standard InChI is InChI=1S/C12H20O5/c1-9(11(14)15-3)10(5-4-6-13)12(2)16-7-8-17-12/h6,9-10H,4-5,7-8H2,1-3H3. The maximum atomic E-state index is 11.6. The molecule has 2 unspecified atom stereocenters. The predicted molar refractivity (Wildman–Crippen MR) is 60.3 cm³/mol. The molecule has 0 spiro atoms. The summed E-state index contributed by atoms with van der Waals surface area (Å²) in [5.41, 5.74) is 0. The monoisotopic (exact) mass is 244 g/mol. The van der Waals surface area contributed by atoms with Gasteiger partial charge in [-0.25, -0.2) is 0 Å². The molecule has 1 heterocycles. The molecular weight excluding hydrogens is 224 g/mol. The zero-order valence-corrected chi connectivity index (χ0v) is 10.6. The van der Waals surface area contributed by atoms with Gasteiger partial charge >= 0.3 is 5.97 Å². The Kier molecular flexibility index (Phi) is 5.08. The molecule has 0 bridgehead atoms. The first kappa shape index (κ1) is 14.1. The molecule has 0 amide bonds. The molecule has 5 nitrogen and oxygen atoms in total. The summed E-state index contributed by atoms with van der Waals surface area (Å²) in [5.74, 6) is -1.64. The first-order chi connectivity index (χ1) is 8.05. The first-order valence-corrected chi connectivity index (χ1v) is 5.84. The number of carbonyl (C=O) groups is 2. The Bertz CT molecular complexity index is 270. The summed E-state index contributed by atoms with van der Waals surface area (Å²) in [6.45, 7) is 4.62. The van der Waals surface area contributed by atoms with Crippen molar-refractivity contribution in [2.45, 2.75) is 32.5 Å². The third kappa shape index (κ3) is 3.26. The molecule has 0 aliphatic carbocycles. The van der Waals surface area contributed by atoms with Crippen molar-refractivity contribution in [1.82, 2.24) is 0 Å². The smallest absolute Gasteiger partial charge is 0.308 e. The van der Waals surface area contributed by atoms with E-state index in [1.807, 2.05) is 6.92 Å². The van der Waals surface area contributed by atoms with Crippen LogP contribution in [0.2, 0.25) is 0 Å². The Balaban J connectivity index is 2.78. The fourth-order valence-electron chi connectivity index (χ4n) is 2.31. The molecule has 1 rings (SSSR count). The second-order valence-corrected chi connectivity index (χ2v) is 4.38.